The first-order valence-electron chi connectivity index (χ1n) is 9.98. The van der Waals surface area contributed by atoms with Gasteiger partial charge in [-0.3, -0.25) is 0 Å². The van der Waals surface area contributed by atoms with E-state index in [1.807, 2.05) is 12.1 Å². The third-order valence-corrected chi connectivity index (χ3v) is 6.47. The van der Waals surface area contributed by atoms with Crippen molar-refractivity contribution in [1.29, 1.82) is 0 Å². The molecule has 0 radical (unpaired) electrons. The molecule has 25 heavy (non-hydrogen) atoms. The maximum atomic E-state index is 9.37. The van der Waals surface area contributed by atoms with Crippen molar-refractivity contribution in [2.45, 2.75) is 91.6 Å². The quantitative estimate of drug-likeness (QED) is 0.671. The van der Waals surface area contributed by atoms with Crippen LogP contribution in [0.15, 0.2) is 24.3 Å². The predicted molar refractivity (Wildman–Crippen MR) is 108 cm³/mol. The summed E-state index contributed by atoms with van der Waals surface area (Å²) in [6.07, 6.45) is 6.90. The van der Waals surface area contributed by atoms with E-state index in [1.54, 1.807) is 7.11 Å². The molecule has 0 unspecified atom stereocenters. The van der Waals surface area contributed by atoms with E-state index < -0.39 is 0 Å². The average Bonchev–Trinajstić information content (AvgIpc) is 2.62. The Morgan fingerprint density at radius 1 is 0.920 bits per heavy atom. The van der Waals surface area contributed by atoms with Gasteiger partial charge in [0, 0.05) is 0 Å². The molecule has 1 saturated carbocycles. The second-order valence-electron chi connectivity index (χ2n) is 8.81. The maximum absolute atomic E-state index is 9.37. The minimum absolute atomic E-state index is 0.00564. The van der Waals surface area contributed by atoms with Gasteiger partial charge in [-0.15, -0.1) is 0 Å². The SMILES string of the molecule is CCC(C)(C)C1CCC(O)CC1.CCC(C)(C)c1ccc(OC)cc1. The largest absolute Gasteiger partial charge is 0.497 e. The Balaban J connectivity index is 0.000000251. The normalized spacial score (nSPS) is 21.3. The Kier molecular flexibility index (Phi) is 8.47. The fraction of sp³-hybridized carbons (Fsp3) is 0.739. The van der Waals surface area contributed by atoms with E-state index in [4.69, 9.17) is 4.74 Å². The van der Waals surface area contributed by atoms with Gasteiger partial charge in [-0.1, -0.05) is 60.1 Å². The molecule has 0 aliphatic heterocycles. The molecular formula is C23H40O2. The molecule has 2 nitrogen and oxygen atoms in total. The fourth-order valence-corrected chi connectivity index (χ4v) is 3.39. The highest BCUT2D eigenvalue weighted by molar-refractivity contribution is 5.31. The topological polar surface area (TPSA) is 29.5 Å². The van der Waals surface area contributed by atoms with E-state index in [0.717, 1.165) is 30.9 Å². The van der Waals surface area contributed by atoms with E-state index in [0.29, 0.717) is 5.41 Å². The van der Waals surface area contributed by atoms with Crippen LogP contribution in [0.5, 0.6) is 5.75 Å². The van der Waals surface area contributed by atoms with Gasteiger partial charge in [0.15, 0.2) is 0 Å². The molecule has 0 saturated heterocycles. The predicted octanol–water partition coefficient (Wildman–Crippen LogP) is 6.36. The molecule has 1 N–H and O–H groups in total. The fourth-order valence-electron chi connectivity index (χ4n) is 3.39. The zero-order valence-electron chi connectivity index (χ0n) is 17.6. The van der Waals surface area contributed by atoms with E-state index in [2.05, 4.69) is 53.7 Å². The van der Waals surface area contributed by atoms with Crippen molar-refractivity contribution in [3.05, 3.63) is 29.8 Å². The first kappa shape index (κ1) is 22.0. The Morgan fingerprint density at radius 2 is 1.44 bits per heavy atom. The summed E-state index contributed by atoms with van der Waals surface area (Å²) >= 11 is 0. The Labute approximate surface area is 156 Å². The molecule has 0 atom stereocenters. The lowest BCUT2D eigenvalue weighted by molar-refractivity contribution is 0.0639. The molecule has 2 heteroatoms. The number of benzene rings is 1. The molecule has 144 valence electrons. The lowest BCUT2D eigenvalue weighted by Gasteiger charge is -2.37. The van der Waals surface area contributed by atoms with E-state index >= 15 is 0 Å². The van der Waals surface area contributed by atoms with Crippen LogP contribution in [0.2, 0.25) is 0 Å². The highest BCUT2D eigenvalue weighted by Gasteiger charge is 2.30. The van der Waals surface area contributed by atoms with Gasteiger partial charge in [-0.25, -0.2) is 0 Å². The number of hydrogen-bond acceptors (Lipinski definition) is 2. The van der Waals surface area contributed by atoms with Gasteiger partial charge < -0.3 is 9.84 Å². The molecule has 0 heterocycles. The van der Waals surface area contributed by atoms with Crippen molar-refractivity contribution in [3.63, 3.8) is 0 Å². The zero-order valence-corrected chi connectivity index (χ0v) is 17.6. The van der Waals surface area contributed by atoms with Crippen molar-refractivity contribution < 1.29 is 9.84 Å². The van der Waals surface area contributed by atoms with Gasteiger partial charge in [-0.05, 0) is 66.5 Å². The summed E-state index contributed by atoms with van der Waals surface area (Å²) in [4.78, 5) is 0. The van der Waals surface area contributed by atoms with Crippen molar-refractivity contribution in [2.24, 2.45) is 11.3 Å². The van der Waals surface area contributed by atoms with E-state index in [9.17, 15) is 5.11 Å². The minimum Gasteiger partial charge on any atom is -0.497 e. The zero-order chi connectivity index (χ0) is 19.1. The van der Waals surface area contributed by atoms with Crippen LogP contribution in [0.3, 0.4) is 0 Å². The molecule has 0 amide bonds. The Bertz CT molecular complexity index is 479. The smallest absolute Gasteiger partial charge is 0.118 e. The second kappa shape index (κ2) is 9.62. The molecule has 1 fully saturated rings. The second-order valence-corrected chi connectivity index (χ2v) is 8.81. The molecule has 1 aliphatic carbocycles. The van der Waals surface area contributed by atoms with Crippen LogP contribution in [0.4, 0.5) is 0 Å². The summed E-state index contributed by atoms with van der Waals surface area (Å²) in [6.45, 7) is 13.7. The summed E-state index contributed by atoms with van der Waals surface area (Å²) in [5, 5.41) is 9.37. The lowest BCUT2D eigenvalue weighted by Crippen LogP contribution is -2.29. The summed E-state index contributed by atoms with van der Waals surface area (Å²) in [6, 6.07) is 8.32. The third-order valence-electron chi connectivity index (χ3n) is 6.47. The van der Waals surface area contributed by atoms with Gasteiger partial charge >= 0.3 is 0 Å². The van der Waals surface area contributed by atoms with Crippen LogP contribution < -0.4 is 4.74 Å². The first-order chi connectivity index (χ1) is 11.7. The van der Waals surface area contributed by atoms with Gasteiger partial charge in [0.05, 0.1) is 13.2 Å². The van der Waals surface area contributed by atoms with Crippen LogP contribution in [0, 0.1) is 11.3 Å². The Morgan fingerprint density at radius 3 is 1.84 bits per heavy atom. The van der Waals surface area contributed by atoms with Crippen molar-refractivity contribution in [3.8, 4) is 5.75 Å². The molecule has 2 rings (SSSR count). The Hall–Kier alpha value is -1.02. The van der Waals surface area contributed by atoms with E-state index in [-0.39, 0.29) is 11.5 Å². The summed E-state index contributed by atoms with van der Waals surface area (Å²) in [5.74, 6) is 1.77. The van der Waals surface area contributed by atoms with Crippen molar-refractivity contribution >= 4 is 0 Å². The van der Waals surface area contributed by atoms with Gasteiger partial charge in [-0.2, -0.15) is 0 Å². The highest BCUT2D eigenvalue weighted by Crippen LogP contribution is 2.40. The first-order valence-corrected chi connectivity index (χ1v) is 9.98. The molecule has 1 aliphatic rings. The molecule has 1 aromatic carbocycles. The van der Waals surface area contributed by atoms with Crippen LogP contribution in [0.25, 0.3) is 0 Å². The number of ether oxygens (including phenoxy) is 1. The van der Waals surface area contributed by atoms with Crippen molar-refractivity contribution in [2.75, 3.05) is 7.11 Å². The summed E-state index contributed by atoms with van der Waals surface area (Å²) in [7, 11) is 1.69. The highest BCUT2D eigenvalue weighted by atomic mass is 16.5. The molecular weight excluding hydrogens is 308 g/mol. The molecule has 0 spiro atoms. The van der Waals surface area contributed by atoms with Gasteiger partial charge in [0.2, 0.25) is 0 Å². The maximum Gasteiger partial charge on any atom is 0.118 e. The summed E-state index contributed by atoms with van der Waals surface area (Å²) < 4.78 is 5.12. The number of rotatable bonds is 5. The van der Waals surface area contributed by atoms with Crippen LogP contribution >= 0.6 is 0 Å². The summed E-state index contributed by atoms with van der Waals surface area (Å²) in [5.41, 5.74) is 2.13. The molecule has 0 aromatic heterocycles. The average molecular weight is 349 g/mol. The van der Waals surface area contributed by atoms with Crippen LogP contribution in [-0.2, 0) is 5.41 Å². The third kappa shape index (κ3) is 6.66. The van der Waals surface area contributed by atoms with E-state index in [1.165, 1.54) is 24.8 Å². The number of aliphatic hydroxyl groups is 1. The number of aliphatic hydroxyl groups excluding tert-OH is 1. The van der Waals surface area contributed by atoms with Gasteiger partial charge in [0.25, 0.3) is 0 Å². The van der Waals surface area contributed by atoms with Crippen LogP contribution in [-0.4, -0.2) is 18.3 Å². The molecule has 0 bridgehead atoms. The van der Waals surface area contributed by atoms with Crippen LogP contribution in [0.1, 0.15) is 85.6 Å². The standard InChI is InChI=1S/C12H18O.C11H22O/c1-5-12(2,3)10-6-8-11(13-4)9-7-10;1-4-11(2,3)9-5-7-10(12)8-6-9/h6-9H,5H2,1-4H3;9-10,12H,4-8H2,1-3H3. The monoisotopic (exact) mass is 348 g/mol. The van der Waals surface area contributed by atoms with Gasteiger partial charge in [0.1, 0.15) is 5.75 Å². The minimum atomic E-state index is -0.00564. The number of hydrogen-bond donors (Lipinski definition) is 1. The van der Waals surface area contributed by atoms with Crippen molar-refractivity contribution in [1.82, 2.24) is 0 Å². The number of methoxy groups -OCH3 is 1. The lowest BCUT2D eigenvalue weighted by atomic mass is 9.69. The molecule has 1 aromatic rings.